The maximum atomic E-state index is 5.66. The van der Waals surface area contributed by atoms with Crippen LogP contribution in [0.1, 0.15) is 13.3 Å². The first-order chi connectivity index (χ1) is 9.29. The Morgan fingerprint density at radius 1 is 1.37 bits per heavy atom. The first-order valence-electron chi connectivity index (χ1n) is 6.11. The van der Waals surface area contributed by atoms with Crippen molar-refractivity contribution in [1.29, 1.82) is 0 Å². The van der Waals surface area contributed by atoms with Crippen molar-refractivity contribution in [2.24, 2.45) is 0 Å². The van der Waals surface area contributed by atoms with Gasteiger partial charge in [0.15, 0.2) is 0 Å². The number of imidazole rings is 1. The molecule has 19 heavy (non-hydrogen) atoms. The molecule has 3 N–H and O–H groups in total. The molecule has 0 saturated heterocycles. The van der Waals surface area contributed by atoms with Gasteiger partial charge < -0.3 is 15.8 Å². The van der Waals surface area contributed by atoms with Gasteiger partial charge in [-0.3, -0.25) is 4.57 Å². The number of nitrogens with two attached hydrogens (primary N) is 1. The molecule has 102 valence electrons. The van der Waals surface area contributed by atoms with Crippen LogP contribution in [0.15, 0.2) is 18.7 Å². The summed E-state index contributed by atoms with van der Waals surface area (Å²) in [4.78, 5) is 16.3. The summed E-state index contributed by atoms with van der Waals surface area (Å²) in [5.41, 5.74) is 5.66. The number of nitrogens with zero attached hydrogens (tertiary/aromatic N) is 5. The van der Waals surface area contributed by atoms with Gasteiger partial charge in [-0.15, -0.1) is 0 Å². The van der Waals surface area contributed by atoms with E-state index in [1.165, 1.54) is 0 Å². The number of hydrogen-bond acceptors (Lipinski definition) is 7. The average Bonchev–Trinajstić information content (AvgIpc) is 2.92. The molecule has 0 aliphatic rings. The summed E-state index contributed by atoms with van der Waals surface area (Å²) in [6.45, 7) is 4.12. The van der Waals surface area contributed by atoms with Gasteiger partial charge in [0.2, 0.25) is 17.8 Å². The third-order valence-electron chi connectivity index (χ3n) is 2.33. The lowest BCUT2D eigenvalue weighted by Gasteiger charge is -2.07. The normalized spacial score (nSPS) is 10.6. The first kappa shape index (κ1) is 13.2. The predicted octanol–water partition coefficient (Wildman–Crippen LogP) is 0.478. The van der Waals surface area contributed by atoms with Crippen LogP contribution in [0.25, 0.3) is 5.95 Å². The van der Waals surface area contributed by atoms with E-state index in [0.29, 0.717) is 25.0 Å². The Balaban J connectivity index is 1.97. The summed E-state index contributed by atoms with van der Waals surface area (Å²) >= 11 is 0. The van der Waals surface area contributed by atoms with Crippen LogP contribution in [0.2, 0.25) is 0 Å². The minimum absolute atomic E-state index is 0.172. The highest BCUT2D eigenvalue weighted by molar-refractivity contribution is 5.34. The van der Waals surface area contributed by atoms with E-state index in [1.807, 2.05) is 6.92 Å². The quantitative estimate of drug-likeness (QED) is 0.700. The summed E-state index contributed by atoms with van der Waals surface area (Å²) in [6, 6.07) is 0. The second-order valence-corrected chi connectivity index (χ2v) is 3.76. The molecule has 0 aliphatic carbocycles. The lowest BCUT2D eigenvalue weighted by molar-refractivity contribution is 0.147. The minimum Gasteiger partial charge on any atom is -0.382 e. The Morgan fingerprint density at radius 2 is 2.26 bits per heavy atom. The predicted molar refractivity (Wildman–Crippen MR) is 71.0 cm³/mol. The fourth-order valence-corrected chi connectivity index (χ4v) is 1.47. The van der Waals surface area contributed by atoms with Crippen molar-refractivity contribution in [2.45, 2.75) is 13.3 Å². The van der Waals surface area contributed by atoms with Crippen molar-refractivity contribution in [2.75, 3.05) is 30.8 Å². The third-order valence-corrected chi connectivity index (χ3v) is 2.33. The van der Waals surface area contributed by atoms with Crippen molar-refractivity contribution in [3.8, 4) is 5.95 Å². The van der Waals surface area contributed by atoms with Crippen LogP contribution in [-0.4, -0.2) is 44.3 Å². The van der Waals surface area contributed by atoms with E-state index in [0.717, 1.165) is 13.0 Å². The second kappa shape index (κ2) is 6.64. The number of anilines is 2. The molecule has 0 radical (unpaired) electrons. The van der Waals surface area contributed by atoms with E-state index in [9.17, 15) is 0 Å². The van der Waals surface area contributed by atoms with Crippen LogP contribution in [0, 0.1) is 0 Å². The molecule has 0 saturated carbocycles. The minimum atomic E-state index is 0.172. The van der Waals surface area contributed by atoms with Crippen molar-refractivity contribution in [3.63, 3.8) is 0 Å². The molecule has 0 atom stereocenters. The highest BCUT2D eigenvalue weighted by Crippen LogP contribution is 2.06. The Kier molecular flexibility index (Phi) is 4.62. The monoisotopic (exact) mass is 263 g/mol. The van der Waals surface area contributed by atoms with Gasteiger partial charge in [-0.1, -0.05) is 0 Å². The van der Waals surface area contributed by atoms with E-state index in [1.54, 1.807) is 23.3 Å². The number of aromatic nitrogens is 5. The largest absolute Gasteiger partial charge is 0.382 e. The number of rotatable bonds is 7. The van der Waals surface area contributed by atoms with Crippen molar-refractivity contribution in [3.05, 3.63) is 18.7 Å². The van der Waals surface area contributed by atoms with Gasteiger partial charge in [0, 0.05) is 32.2 Å². The number of hydrogen-bond donors (Lipinski definition) is 2. The summed E-state index contributed by atoms with van der Waals surface area (Å²) in [5.74, 6) is 1.07. The van der Waals surface area contributed by atoms with E-state index < -0.39 is 0 Å². The van der Waals surface area contributed by atoms with Crippen molar-refractivity contribution >= 4 is 11.9 Å². The summed E-state index contributed by atoms with van der Waals surface area (Å²) in [7, 11) is 0. The Bertz CT molecular complexity index is 500. The molecule has 2 aromatic heterocycles. The van der Waals surface area contributed by atoms with Crippen LogP contribution in [-0.2, 0) is 4.74 Å². The molecule has 2 aromatic rings. The fraction of sp³-hybridized carbons (Fsp3) is 0.455. The highest BCUT2D eigenvalue weighted by Gasteiger charge is 2.05. The molecule has 0 unspecified atom stereocenters. The van der Waals surface area contributed by atoms with E-state index in [2.05, 4.69) is 25.3 Å². The molecule has 0 aromatic carbocycles. The van der Waals surface area contributed by atoms with Crippen molar-refractivity contribution < 1.29 is 4.74 Å². The second-order valence-electron chi connectivity index (χ2n) is 3.76. The molecule has 8 heteroatoms. The molecule has 0 amide bonds. The molecular weight excluding hydrogens is 246 g/mol. The lowest BCUT2D eigenvalue weighted by Crippen LogP contribution is -2.12. The summed E-state index contributed by atoms with van der Waals surface area (Å²) < 4.78 is 6.92. The number of nitrogen functional groups attached to an aromatic ring is 1. The summed E-state index contributed by atoms with van der Waals surface area (Å²) in [5, 5.41) is 3.09. The van der Waals surface area contributed by atoms with E-state index in [4.69, 9.17) is 10.5 Å². The van der Waals surface area contributed by atoms with Gasteiger partial charge in [0.05, 0.1) is 0 Å². The van der Waals surface area contributed by atoms with Crippen LogP contribution < -0.4 is 11.1 Å². The third kappa shape index (κ3) is 3.88. The maximum absolute atomic E-state index is 5.66. The molecule has 8 nitrogen and oxygen atoms in total. The number of nitrogens with one attached hydrogen (secondary N) is 1. The molecule has 2 heterocycles. The SMILES string of the molecule is CCOCCCNc1nc(N)nc(-n2ccnc2)n1. The lowest BCUT2D eigenvalue weighted by atomic mass is 10.4. The molecule has 2 rings (SSSR count). The van der Waals surface area contributed by atoms with Crippen molar-refractivity contribution in [1.82, 2.24) is 24.5 Å². The zero-order chi connectivity index (χ0) is 13.5. The molecule has 0 fully saturated rings. The fourth-order valence-electron chi connectivity index (χ4n) is 1.47. The van der Waals surface area contributed by atoms with Gasteiger partial charge in [-0.2, -0.15) is 15.0 Å². The van der Waals surface area contributed by atoms with Crippen LogP contribution in [0.4, 0.5) is 11.9 Å². The molecule has 0 aliphatic heterocycles. The Labute approximate surface area is 111 Å². The average molecular weight is 263 g/mol. The van der Waals surface area contributed by atoms with Crippen LogP contribution >= 0.6 is 0 Å². The van der Waals surface area contributed by atoms with E-state index >= 15 is 0 Å². The molecule has 0 bridgehead atoms. The van der Waals surface area contributed by atoms with E-state index in [-0.39, 0.29) is 5.95 Å². The topological polar surface area (TPSA) is 104 Å². The van der Waals surface area contributed by atoms with Gasteiger partial charge in [-0.05, 0) is 13.3 Å². The van der Waals surface area contributed by atoms with Gasteiger partial charge >= 0.3 is 0 Å². The summed E-state index contributed by atoms with van der Waals surface area (Å²) in [6.07, 6.45) is 5.87. The Morgan fingerprint density at radius 3 is 3.00 bits per heavy atom. The van der Waals surface area contributed by atoms with Crippen LogP contribution in [0.3, 0.4) is 0 Å². The number of ether oxygens (including phenoxy) is 1. The van der Waals surface area contributed by atoms with Crippen LogP contribution in [0.5, 0.6) is 0 Å². The van der Waals surface area contributed by atoms with Gasteiger partial charge in [-0.25, -0.2) is 4.98 Å². The zero-order valence-electron chi connectivity index (χ0n) is 10.8. The maximum Gasteiger partial charge on any atom is 0.241 e. The smallest absolute Gasteiger partial charge is 0.241 e. The van der Waals surface area contributed by atoms with Gasteiger partial charge in [0.1, 0.15) is 6.33 Å². The van der Waals surface area contributed by atoms with Gasteiger partial charge in [0.25, 0.3) is 0 Å². The zero-order valence-corrected chi connectivity index (χ0v) is 10.8. The first-order valence-corrected chi connectivity index (χ1v) is 6.11. The standard InChI is InChI=1S/C11H17N7O/c1-2-19-7-3-4-14-10-15-9(12)16-11(17-10)18-6-5-13-8-18/h5-6,8H,2-4,7H2,1H3,(H3,12,14,15,16,17). The Hall–Kier alpha value is -2.22. The highest BCUT2D eigenvalue weighted by atomic mass is 16.5. The molecular formula is C11H17N7O. The molecule has 0 spiro atoms.